The van der Waals surface area contributed by atoms with Gasteiger partial charge in [-0.3, -0.25) is 4.79 Å². The highest BCUT2D eigenvalue weighted by atomic mass is 35.5. The monoisotopic (exact) mass is 397 g/mol. The number of benzene rings is 2. The predicted molar refractivity (Wildman–Crippen MR) is 111 cm³/mol. The largest absolute Gasteiger partial charge is 0.478 e. The number of pyridine rings is 1. The average molecular weight is 398 g/mol. The van der Waals surface area contributed by atoms with Gasteiger partial charge < -0.3 is 15.7 Å². The number of fused-ring (bicyclic) bond motifs is 1. The number of carboxylic acid groups (broad SMARTS) is 1. The van der Waals surface area contributed by atoms with Crippen LogP contribution in [0.2, 0.25) is 5.02 Å². The summed E-state index contributed by atoms with van der Waals surface area (Å²) in [6.45, 7) is 4.27. The maximum absolute atomic E-state index is 12.5. The molecular formula is C21H20ClN3O3. The van der Waals surface area contributed by atoms with E-state index >= 15 is 0 Å². The molecule has 0 unspecified atom stereocenters. The summed E-state index contributed by atoms with van der Waals surface area (Å²) in [6.07, 6.45) is 2.31. The third-order valence-corrected chi connectivity index (χ3v) is 4.77. The van der Waals surface area contributed by atoms with Crippen LogP contribution in [-0.2, 0) is 0 Å². The Morgan fingerprint density at radius 1 is 1.14 bits per heavy atom. The fourth-order valence-corrected chi connectivity index (χ4v) is 3.27. The number of hydrogen-bond donors (Lipinski definition) is 3. The van der Waals surface area contributed by atoms with Crippen molar-refractivity contribution in [1.29, 1.82) is 0 Å². The standard InChI is InChI=1S/C21H20ClN3O3/c1-3-10-23-20(26)15-11-24-19(14-7-4-8-16(22)18(14)15)25-17-9-5-6-13(12(17)2)21(27)28/h4-9,11H,3,10H2,1-2H3,(H,23,26)(H,24,25)(H,27,28). The summed E-state index contributed by atoms with van der Waals surface area (Å²) in [5.74, 6) is -0.733. The molecule has 0 spiro atoms. The van der Waals surface area contributed by atoms with Gasteiger partial charge in [0.05, 0.1) is 11.1 Å². The lowest BCUT2D eigenvalue weighted by molar-refractivity contribution is 0.0696. The summed E-state index contributed by atoms with van der Waals surface area (Å²) in [5.41, 5.74) is 1.83. The van der Waals surface area contributed by atoms with Crippen molar-refractivity contribution in [1.82, 2.24) is 10.3 Å². The molecule has 28 heavy (non-hydrogen) atoms. The van der Waals surface area contributed by atoms with E-state index in [0.29, 0.717) is 45.0 Å². The first-order valence-corrected chi connectivity index (χ1v) is 9.27. The molecule has 3 aromatic rings. The van der Waals surface area contributed by atoms with Gasteiger partial charge in [-0.25, -0.2) is 9.78 Å². The fourth-order valence-electron chi connectivity index (χ4n) is 2.99. The first-order valence-electron chi connectivity index (χ1n) is 8.89. The number of aromatic carboxylic acids is 1. The number of carbonyl (C=O) groups excluding carboxylic acids is 1. The van der Waals surface area contributed by atoms with Crippen LogP contribution in [0.5, 0.6) is 0 Å². The zero-order valence-electron chi connectivity index (χ0n) is 15.5. The van der Waals surface area contributed by atoms with E-state index in [2.05, 4.69) is 15.6 Å². The van der Waals surface area contributed by atoms with Gasteiger partial charge in [0.2, 0.25) is 0 Å². The van der Waals surface area contributed by atoms with E-state index in [-0.39, 0.29) is 11.5 Å². The molecule has 0 saturated heterocycles. The van der Waals surface area contributed by atoms with Gasteiger partial charge in [-0.05, 0) is 37.1 Å². The third kappa shape index (κ3) is 3.77. The molecule has 3 N–H and O–H groups in total. The summed E-state index contributed by atoms with van der Waals surface area (Å²) >= 11 is 6.40. The summed E-state index contributed by atoms with van der Waals surface area (Å²) in [7, 11) is 0. The van der Waals surface area contributed by atoms with Crippen molar-refractivity contribution >= 4 is 45.8 Å². The quantitative estimate of drug-likeness (QED) is 0.556. The molecule has 0 aliphatic heterocycles. The van der Waals surface area contributed by atoms with Gasteiger partial charge in [-0.1, -0.05) is 36.7 Å². The van der Waals surface area contributed by atoms with Crippen molar-refractivity contribution in [3.8, 4) is 0 Å². The van der Waals surface area contributed by atoms with Gasteiger partial charge in [-0.2, -0.15) is 0 Å². The van der Waals surface area contributed by atoms with Crippen LogP contribution in [0.3, 0.4) is 0 Å². The highest BCUT2D eigenvalue weighted by molar-refractivity contribution is 6.37. The van der Waals surface area contributed by atoms with Crippen LogP contribution in [0.25, 0.3) is 10.8 Å². The summed E-state index contributed by atoms with van der Waals surface area (Å²) in [5, 5.41) is 17.1. The Hall–Kier alpha value is -3.12. The number of nitrogens with zero attached hydrogens (tertiary/aromatic N) is 1. The smallest absolute Gasteiger partial charge is 0.336 e. The van der Waals surface area contributed by atoms with Gasteiger partial charge in [0.15, 0.2) is 0 Å². The number of nitrogens with one attached hydrogen (secondary N) is 2. The maximum atomic E-state index is 12.5. The number of halogens is 1. The highest BCUT2D eigenvalue weighted by Crippen LogP contribution is 2.33. The molecule has 0 aliphatic carbocycles. The maximum Gasteiger partial charge on any atom is 0.336 e. The van der Waals surface area contributed by atoms with Crippen LogP contribution < -0.4 is 10.6 Å². The topological polar surface area (TPSA) is 91.3 Å². The molecule has 0 fully saturated rings. The van der Waals surface area contributed by atoms with Crippen LogP contribution in [0.15, 0.2) is 42.6 Å². The fraction of sp³-hybridized carbons (Fsp3) is 0.190. The van der Waals surface area contributed by atoms with Crippen molar-refractivity contribution in [2.75, 3.05) is 11.9 Å². The predicted octanol–water partition coefficient (Wildman–Crippen LogP) is 4.78. The summed E-state index contributed by atoms with van der Waals surface area (Å²) < 4.78 is 0. The van der Waals surface area contributed by atoms with Gasteiger partial charge >= 0.3 is 5.97 Å². The lowest BCUT2D eigenvalue weighted by atomic mass is 10.0. The molecule has 144 valence electrons. The van der Waals surface area contributed by atoms with Crippen LogP contribution in [-0.4, -0.2) is 28.5 Å². The number of aromatic nitrogens is 1. The summed E-state index contributed by atoms with van der Waals surface area (Å²) in [6, 6.07) is 10.3. The van der Waals surface area contributed by atoms with Crippen LogP contribution in [0.4, 0.5) is 11.5 Å². The van der Waals surface area contributed by atoms with Crippen molar-refractivity contribution in [2.24, 2.45) is 0 Å². The molecule has 7 heteroatoms. The Balaban J connectivity index is 2.10. The molecule has 0 radical (unpaired) electrons. The van der Waals surface area contributed by atoms with E-state index in [4.69, 9.17) is 11.6 Å². The van der Waals surface area contributed by atoms with E-state index in [1.54, 1.807) is 37.3 Å². The second-order valence-corrected chi connectivity index (χ2v) is 6.75. The van der Waals surface area contributed by atoms with Gasteiger partial charge in [0.1, 0.15) is 5.82 Å². The molecule has 6 nitrogen and oxygen atoms in total. The highest BCUT2D eigenvalue weighted by Gasteiger charge is 2.17. The number of carbonyl (C=O) groups is 2. The van der Waals surface area contributed by atoms with E-state index in [1.165, 1.54) is 6.20 Å². The molecule has 1 amide bonds. The molecular weight excluding hydrogens is 378 g/mol. The van der Waals surface area contributed by atoms with Crippen molar-refractivity contribution in [3.63, 3.8) is 0 Å². The SMILES string of the molecule is CCCNC(=O)c1cnc(Nc2cccc(C(=O)O)c2C)c2cccc(Cl)c12. The first-order chi connectivity index (χ1) is 13.4. The number of anilines is 2. The Kier molecular flexibility index (Phi) is 5.80. The van der Waals surface area contributed by atoms with Crippen LogP contribution >= 0.6 is 11.6 Å². The molecule has 0 atom stereocenters. The van der Waals surface area contributed by atoms with Crippen molar-refractivity contribution in [3.05, 3.63) is 64.3 Å². The second-order valence-electron chi connectivity index (χ2n) is 6.35. The molecule has 0 aliphatic rings. The lowest BCUT2D eigenvalue weighted by Gasteiger charge is -2.15. The Bertz CT molecular complexity index is 1070. The zero-order valence-corrected chi connectivity index (χ0v) is 16.3. The average Bonchev–Trinajstić information content (AvgIpc) is 2.68. The number of carboxylic acids is 1. The number of amides is 1. The Morgan fingerprint density at radius 3 is 2.61 bits per heavy atom. The Morgan fingerprint density at radius 2 is 1.89 bits per heavy atom. The molecule has 2 aromatic carbocycles. The minimum Gasteiger partial charge on any atom is -0.478 e. The zero-order chi connectivity index (χ0) is 20.3. The normalized spacial score (nSPS) is 10.7. The lowest BCUT2D eigenvalue weighted by Crippen LogP contribution is -2.24. The van der Waals surface area contributed by atoms with Gasteiger partial charge in [-0.15, -0.1) is 0 Å². The molecule has 3 rings (SSSR count). The van der Waals surface area contributed by atoms with E-state index in [1.807, 2.05) is 13.0 Å². The summed E-state index contributed by atoms with van der Waals surface area (Å²) in [4.78, 5) is 28.3. The minimum atomic E-state index is -0.995. The second kappa shape index (κ2) is 8.27. The van der Waals surface area contributed by atoms with E-state index in [0.717, 1.165) is 6.42 Å². The van der Waals surface area contributed by atoms with Crippen LogP contribution in [0.1, 0.15) is 39.6 Å². The van der Waals surface area contributed by atoms with E-state index in [9.17, 15) is 14.7 Å². The van der Waals surface area contributed by atoms with E-state index < -0.39 is 5.97 Å². The molecule has 0 bridgehead atoms. The van der Waals surface area contributed by atoms with Gasteiger partial charge in [0.25, 0.3) is 5.91 Å². The number of hydrogen-bond acceptors (Lipinski definition) is 4. The first kappa shape index (κ1) is 19.6. The van der Waals surface area contributed by atoms with Crippen LogP contribution in [0, 0.1) is 6.92 Å². The molecule has 1 heterocycles. The molecule has 1 aromatic heterocycles. The Labute approximate surface area is 167 Å². The minimum absolute atomic E-state index is 0.211. The number of rotatable bonds is 6. The third-order valence-electron chi connectivity index (χ3n) is 4.46. The molecule has 0 saturated carbocycles. The van der Waals surface area contributed by atoms with Gasteiger partial charge in [0, 0.05) is 34.2 Å². The van der Waals surface area contributed by atoms with Crippen molar-refractivity contribution in [2.45, 2.75) is 20.3 Å². The van der Waals surface area contributed by atoms with Crippen molar-refractivity contribution < 1.29 is 14.7 Å².